The van der Waals surface area contributed by atoms with Gasteiger partial charge in [-0.1, -0.05) is 17.7 Å². The minimum absolute atomic E-state index is 0.150. The maximum Gasteiger partial charge on any atom is 0.417 e. The average Bonchev–Trinajstić information content (AvgIpc) is 2.80. The highest BCUT2D eigenvalue weighted by Gasteiger charge is 2.07. The van der Waals surface area contributed by atoms with Crippen molar-refractivity contribution >= 4 is 34.3 Å². The molecule has 5 nitrogen and oxygen atoms in total. The summed E-state index contributed by atoms with van der Waals surface area (Å²) in [6.07, 6.45) is 0.200. The summed E-state index contributed by atoms with van der Waals surface area (Å²) in [6, 6.07) is 12.0. The van der Waals surface area contributed by atoms with Crippen LogP contribution in [0.25, 0.3) is 11.1 Å². The molecule has 106 valence electrons. The second-order valence-electron chi connectivity index (χ2n) is 4.58. The maximum atomic E-state index is 12.0. The Bertz CT molecular complexity index is 849. The van der Waals surface area contributed by atoms with Crippen LogP contribution in [0.1, 0.15) is 5.56 Å². The van der Waals surface area contributed by atoms with E-state index in [9.17, 15) is 9.59 Å². The molecule has 0 atom stereocenters. The van der Waals surface area contributed by atoms with Crippen LogP contribution in [0, 0.1) is 0 Å². The van der Waals surface area contributed by atoms with E-state index in [-0.39, 0.29) is 12.3 Å². The third-order valence-corrected chi connectivity index (χ3v) is 3.23. The third-order valence-electron chi connectivity index (χ3n) is 2.98. The number of halogens is 1. The van der Waals surface area contributed by atoms with Crippen LogP contribution in [0.2, 0.25) is 5.02 Å². The Kier molecular flexibility index (Phi) is 3.50. The monoisotopic (exact) mass is 302 g/mol. The van der Waals surface area contributed by atoms with Gasteiger partial charge in [0.2, 0.25) is 5.91 Å². The second-order valence-corrected chi connectivity index (χ2v) is 5.01. The molecule has 0 fully saturated rings. The third kappa shape index (κ3) is 3.14. The molecule has 0 spiro atoms. The largest absolute Gasteiger partial charge is 0.417 e. The molecule has 0 aliphatic carbocycles. The molecule has 1 heterocycles. The summed E-state index contributed by atoms with van der Waals surface area (Å²) >= 11 is 5.78. The van der Waals surface area contributed by atoms with Crippen molar-refractivity contribution in [3.63, 3.8) is 0 Å². The predicted molar refractivity (Wildman–Crippen MR) is 80.6 cm³/mol. The number of benzene rings is 2. The predicted octanol–water partition coefficient (Wildman–Crippen LogP) is 2.96. The summed E-state index contributed by atoms with van der Waals surface area (Å²) in [6.45, 7) is 0. The highest BCUT2D eigenvalue weighted by molar-refractivity contribution is 6.30. The number of fused-ring (bicyclic) bond motifs is 1. The first-order valence-corrected chi connectivity index (χ1v) is 6.65. The van der Waals surface area contributed by atoms with Gasteiger partial charge in [0.25, 0.3) is 0 Å². The summed E-state index contributed by atoms with van der Waals surface area (Å²) in [7, 11) is 0. The Morgan fingerprint density at radius 1 is 1.19 bits per heavy atom. The van der Waals surface area contributed by atoms with Crippen molar-refractivity contribution in [3.8, 4) is 0 Å². The molecule has 1 aromatic heterocycles. The lowest BCUT2D eigenvalue weighted by Gasteiger charge is -2.05. The average molecular weight is 303 g/mol. The normalized spacial score (nSPS) is 10.7. The molecule has 0 saturated carbocycles. The van der Waals surface area contributed by atoms with E-state index in [0.29, 0.717) is 21.8 Å². The highest BCUT2D eigenvalue weighted by Crippen LogP contribution is 2.15. The number of amides is 1. The summed E-state index contributed by atoms with van der Waals surface area (Å²) in [5.74, 6) is -0.657. The first-order chi connectivity index (χ1) is 10.1. The van der Waals surface area contributed by atoms with Crippen LogP contribution in [0.3, 0.4) is 0 Å². The number of anilines is 1. The zero-order valence-electron chi connectivity index (χ0n) is 10.9. The van der Waals surface area contributed by atoms with Gasteiger partial charge in [0.15, 0.2) is 5.58 Å². The molecule has 0 unspecified atom stereocenters. The maximum absolute atomic E-state index is 12.0. The lowest BCUT2D eigenvalue weighted by Crippen LogP contribution is -2.14. The summed E-state index contributed by atoms with van der Waals surface area (Å²) in [4.78, 5) is 25.6. The fourth-order valence-corrected chi connectivity index (χ4v) is 2.16. The fraction of sp³-hybridized carbons (Fsp3) is 0.0667. The van der Waals surface area contributed by atoms with E-state index in [2.05, 4.69) is 10.3 Å². The van der Waals surface area contributed by atoms with Crippen molar-refractivity contribution in [1.82, 2.24) is 4.98 Å². The van der Waals surface area contributed by atoms with Crippen molar-refractivity contribution in [2.24, 2.45) is 0 Å². The number of oxazole rings is 1. The molecule has 0 bridgehead atoms. The standard InChI is InChI=1S/C15H11ClN2O3/c16-10-2-4-11(5-3-10)17-14(19)8-9-1-6-13-12(7-9)18-15(20)21-13/h1-7H,8H2,(H,17,19)(H,18,20). The van der Waals surface area contributed by atoms with Crippen LogP contribution in [0.4, 0.5) is 5.69 Å². The topological polar surface area (TPSA) is 75.1 Å². The molecule has 3 aromatic rings. The van der Waals surface area contributed by atoms with Crippen molar-refractivity contribution in [1.29, 1.82) is 0 Å². The molecule has 2 aromatic carbocycles. The molecule has 21 heavy (non-hydrogen) atoms. The van der Waals surface area contributed by atoms with Crippen molar-refractivity contribution in [2.45, 2.75) is 6.42 Å². The quantitative estimate of drug-likeness (QED) is 0.781. The van der Waals surface area contributed by atoms with Gasteiger partial charge in [0.1, 0.15) is 0 Å². The van der Waals surface area contributed by atoms with E-state index >= 15 is 0 Å². The van der Waals surface area contributed by atoms with Gasteiger partial charge < -0.3 is 9.73 Å². The molecule has 2 N–H and O–H groups in total. The summed E-state index contributed by atoms with van der Waals surface area (Å²) in [5, 5.41) is 3.39. The van der Waals surface area contributed by atoms with Gasteiger partial charge >= 0.3 is 5.76 Å². The molecule has 0 saturated heterocycles. The van der Waals surface area contributed by atoms with Crippen LogP contribution in [0.15, 0.2) is 51.7 Å². The molecule has 0 aliphatic rings. The first-order valence-electron chi connectivity index (χ1n) is 6.27. The van der Waals surface area contributed by atoms with Crippen molar-refractivity contribution in [3.05, 3.63) is 63.6 Å². The summed E-state index contributed by atoms with van der Waals surface area (Å²) in [5.41, 5.74) is 2.52. The highest BCUT2D eigenvalue weighted by atomic mass is 35.5. The van der Waals surface area contributed by atoms with Crippen LogP contribution in [0.5, 0.6) is 0 Å². The van der Waals surface area contributed by atoms with E-state index in [1.165, 1.54) is 0 Å². The van der Waals surface area contributed by atoms with Gasteiger partial charge in [-0.2, -0.15) is 0 Å². The van der Waals surface area contributed by atoms with E-state index in [1.807, 2.05) is 0 Å². The van der Waals surface area contributed by atoms with Gasteiger partial charge in [-0.25, -0.2) is 4.79 Å². The van der Waals surface area contributed by atoms with E-state index in [1.54, 1.807) is 42.5 Å². The number of carbonyl (C=O) groups excluding carboxylic acids is 1. The van der Waals surface area contributed by atoms with Crippen LogP contribution < -0.4 is 11.1 Å². The van der Waals surface area contributed by atoms with E-state index in [4.69, 9.17) is 16.0 Å². The summed E-state index contributed by atoms with van der Waals surface area (Å²) < 4.78 is 4.91. The second kappa shape index (κ2) is 5.46. The van der Waals surface area contributed by atoms with Crippen molar-refractivity contribution < 1.29 is 9.21 Å². The lowest BCUT2D eigenvalue weighted by molar-refractivity contribution is -0.115. The molecule has 0 aliphatic heterocycles. The van der Waals surface area contributed by atoms with Gasteiger partial charge in [0, 0.05) is 10.7 Å². The SMILES string of the molecule is O=C(Cc1ccc2oc(=O)[nH]c2c1)Nc1ccc(Cl)cc1. The number of rotatable bonds is 3. The first kappa shape index (κ1) is 13.5. The zero-order valence-corrected chi connectivity index (χ0v) is 11.6. The van der Waals surface area contributed by atoms with Gasteiger partial charge in [0.05, 0.1) is 11.9 Å². The Morgan fingerprint density at radius 2 is 1.95 bits per heavy atom. The molecule has 1 amide bonds. The molecule has 6 heteroatoms. The van der Waals surface area contributed by atoms with Crippen molar-refractivity contribution in [2.75, 3.05) is 5.32 Å². The number of hydrogen-bond acceptors (Lipinski definition) is 3. The van der Waals surface area contributed by atoms with Crippen LogP contribution >= 0.6 is 11.6 Å². The van der Waals surface area contributed by atoms with Gasteiger partial charge in [-0.3, -0.25) is 9.78 Å². The van der Waals surface area contributed by atoms with Gasteiger partial charge in [-0.15, -0.1) is 0 Å². The minimum Gasteiger partial charge on any atom is -0.408 e. The number of nitrogens with one attached hydrogen (secondary N) is 2. The number of hydrogen-bond donors (Lipinski definition) is 2. The van der Waals surface area contributed by atoms with E-state index in [0.717, 1.165) is 5.56 Å². The molecule has 0 radical (unpaired) electrons. The number of aromatic nitrogens is 1. The van der Waals surface area contributed by atoms with E-state index < -0.39 is 5.76 Å². The Balaban J connectivity index is 1.73. The van der Waals surface area contributed by atoms with Crippen LogP contribution in [-0.2, 0) is 11.2 Å². The fourth-order valence-electron chi connectivity index (χ4n) is 2.03. The number of carbonyl (C=O) groups is 1. The van der Waals surface area contributed by atoms with Crippen LogP contribution in [-0.4, -0.2) is 10.9 Å². The molecule has 3 rings (SSSR count). The molecular formula is C15H11ClN2O3. The Labute approximate surface area is 124 Å². The zero-order chi connectivity index (χ0) is 14.8. The minimum atomic E-state index is -0.507. The number of H-pyrrole nitrogens is 1. The lowest BCUT2D eigenvalue weighted by atomic mass is 10.1. The van der Waals surface area contributed by atoms with Gasteiger partial charge in [-0.05, 0) is 42.0 Å². The smallest absolute Gasteiger partial charge is 0.408 e. The molecular weight excluding hydrogens is 292 g/mol. The Morgan fingerprint density at radius 3 is 2.71 bits per heavy atom. The Hall–Kier alpha value is -2.53. The number of aromatic amines is 1.